The van der Waals surface area contributed by atoms with Gasteiger partial charge in [-0.1, -0.05) is 55.5 Å². The molecule has 29 heavy (non-hydrogen) atoms. The average molecular weight is 389 g/mol. The first kappa shape index (κ1) is 20.1. The predicted molar refractivity (Wildman–Crippen MR) is 112 cm³/mol. The molecule has 0 radical (unpaired) electrons. The summed E-state index contributed by atoms with van der Waals surface area (Å²) in [4.78, 5) is 24.5. The molecule has 3 rings (SSSR count). The number of nitrogens with one attached hydrogen (secondary N) is 1. The smallest absolute Gasteiger partial charge is 0.313 e. The van der Waals surface area contributed by atoms with Crippen LogP contribution >= 0.6 is 0 Å². The predicted octanol–water partition coefficient (Wildman–Crippen LogP) is 5.15. The van der Waals surface area contributed by atoms with E-state index >= 15 is 0 Å². The van der Waals surface area contributed by atoms with E-state index in [1.165, 1.54) is 0 Å². The fourth-order valence-electron chi connectivity index (χ4n) is 2.89. The molecule has 1 amide bonds. The first-order chi connectivity index (χ1) is 14.2. The number of esters is 1. The molecule has 148 valence electrons. The number of carbonyl (C=O) groups excluding carboxylic acids is 2. The van der Waals surface area contributed by atoms with Crippen molar-refractivity contribution in [1.82, 2.24) is 0 Å². The molecule has 0 saturated carbocycles. The van der Waals surface area contributed by atoms with Crippen molar-refractivity contribution < 1.29 is 19.1 Å². The third-order valence-electron chi connectivity index (χ3n) is 4.36. The Kier molecular flexibility index (Phi) is 7.00. The summed E-state index contributed by atoms with van der Waals surface area (Å²) < 4.78 is 10.9. The van der Waals surface area contributed by atoms with Crippen molar-refractivity contribution in [1.29, 1.82) is 0 Å². The van der Waals surface area contributed by atoms with Gasteiger partial charge in [0.2, 0.25) is 0 Å². The number of para-hydroxylation sites is 1. The summed E-state index contributed by atoms with van der Waals surface area (Å²) in [5.41, 5.74) is 1.48. The maximum Gasteiger partial charge on any atom is 0.313 e. The zero-order valence-corrected chi connectivity index (χ0v) is 16.2. The third-order valence-corrected chi connectivity index (χ3v) is 4.36. The van der Waals surface area contributed by atoms with Gasteiger partial charge in [-0.25, -0.2) is 0 Å². The van der Waals surface area contributed by atoms with Crippen LogP contribution in [0.3, 0.4) is 0 Å². The molecule has 0 saturated heterocycles. The SMILES string of the molecule is CC[C@H](C(=O)OCC(=O)Nc1ccc(Oc2ccccc2)cc1)c1ccccc1. The lowest BCUT2D eigenvalue weighted by Gasteiger charge is -2.14. The molecule has 0 spiro atoms. The molecule has 0 aromatic heterocycles. The Labute approximate surface area is 170 Å². The van der Waals surface area contributed by atoms with Gasteiger partial charge in [0, 0.05) is 5.69 Å². The Morgan fingerprint density at radius 2 is 1.41 bits per heavy atom. The highest BCUT2D eigenvalue weighted by molar-refractivity contribution is 5.93. The van der Waals surface area contributed by atoms with Gasteiger partial charge in [0.25, 0.3) is 5.91 Å². The maximum absolute atomic E-state index is 12.3. The molecule has 1 atom stereocenters. The largest absolute Gasteiger partial charge is 0.457 e. The summed E-state index contributed by atoms with van der Waals surface area (Å²) in [7, 11) is 0. The molecule has 0 heterocycles. The van der Waals surface area contributed by atoms with E-state index in [4.69, 9.17) is 9.47 Å². The Balaban J connectivity index is 1.49. The molecule has 0 bridgehead atoms. The van der Waals surface area contributed by atoms with Gasteiger partial charge in [-0.2, -0.15) is 0 Å². The van der Waals surface area contributed by atoms with Crippen molar-refractivity contribution in [2.45, 2.75) is 19.3 Å². The second kappa shape index (κ2) is 10.1. The Bertz CT molecular complexity index is 924. The van der Waals surface area contributed by atoms with Crippen molar-refractivity contribution >= 4 is 17.6 Å². The van der Waals surface area contributed by atoms with Gasteiger partial charge in [-0.3, -0.25) is 9.59 Å². The van der Waals surface area contributed by atoms with Crippen LogP contribution in [-0.4, -0.2) is 18.5 Å². The lowest BCUT2D eigenvalue weighted by molar-refractivity contribution is -0.149. The number of hydrogen-bond donors (Lipinski definition) is 1. The summed E-state index contributed by atoms with van der Waals surface area (Å²) in [5, 5.41) is 2.71. The topological polar surface area (TPSA) is 64.6 Å². The van der Waals surface area contributed by atoms with E-state index in [9.17, 15) is 9.59 Å². The van der Waals surface area contributed by atoms with Crippen molar-refractivity contribution in [3.8, 4) is 11.5 Å². The average Bonchev–Trinajstić information content (AvgIpc) is 2.76. The van der Waals surface area contributed by atoms with E-state index in [0.29, 0.717) is 17.9 Å². The van der Waals surface area contributed by atoms with E-state index in [-0.39, 0.29) is 12.5 Å². The van der Waals surface area contributed by atoms with Crippen LogP contribution in [0.5, 0.6) is 11.5 Å². The molecule has 0 aliphatic carbocycles. The lowest BCUT2D eigenvalue weighted by atomic mass is 9.97. The molecule has 0 aliphatic rings. The first-order valence-electron chi connectivity index (χ1n) is 9.50. The summed E-state index contributed by atoms with van der Waals surface area (Å²) >= 11 is 0. The number of hydrogen-bond acceptors (Lipinski definition) is 4. The van der Waals surface area contributed by atoms with Crippen molar-refractivity contribution in [2.24, 2.45) is 0 Å². The molecular formula is C24H23NO4. The Hall–Kier alpha value is -3.60. The zero-order valence-electron chi connectivity index (χ0n) is 16.2. The fraction of sp³-hybridized carbons (Fsp3) is 0.167. The minimum Gasteiger partial charge on any atom is -0.457 e. The maximum atomic E-state index is 12.3. The Morgan fingerprint density at radius 3 is 2.03 bits per heavy atom. The van der Waals surface area contributed by atoms with Crippen LogP contribution in [0.25, 0.3) is 0 Å². The quantitative estimate of drug-likeness (QED) is 0.541. The normalized spacial score (nSPS) is 11.3. The van der Waals surface area contributed by atoms with E-state index in [0.717, 1.165) is 11.3 Å². The van der Waals surface area contributed by atoms with Crippen LogP contribution in [0, 0.1) is 0 Å². The molecule has 0 fully saturated rings. The molecule has 5 nitrogen and oxygen atoms in total. The van der Waals surface area contributed by atoms with E-state index < -0.39 is 11.9 Å². The molecule has 0 unspecified atom stereocenters. The van der Waals surface area contributed by atoms with Crippen LogP contribution in [-0.2, 0) is 14.3 Å². The molecule has 5 heteroatoms. The summed E-state index contributed by atoms with van der Waals surface area (Å²) in [6.45, 7) is 1.59. The van der Waals surface area contributed by atoms with E-state index in [1.54, 1.807) is 24.3 Å². The van der Waals surface area contributed by atoms with Crippen LogP contribution < -0.4 is 10.1 Å². The molecule has 3 aromatic rings. The van der Waals surface area contributed by atoms with E-state index in [2.05, 4.69) is 5.32 Å². The highest BCUT2D eigenvalue weighted by Gasteiger charge is 2.20. The monoisotopic (exact) mass is 389 g/mol. The number of amides is 1. The van der Waals surface area contributed by atoms with Gasteiger partial charge >= 0.3 is 5.97 Å². The van der Waals surface area contributed by atoms with Gasteiger partial charge < -0.3 is 14.8 Å². The number of benzene rings is 3. The summed E-state index contributed by atoms with van der Waals surface area (Å²) in [5.74, 6) is 0.228. The molecule has 1 N–H and O–H groups in total. The summed E-state index contributed by atoms with van der Waals surface area (Å²) in [6.07, 6.45) is 0.605. The van der Waals surface area contributed by atoms with Gasteiger partial charge in [-0.05, 0) is 48.4 Å². The van der Waals surface area contributed by atoms with Gasteiger partial charge in [-0.15, -0.1) is 0 Å². The minimum absolute atomic E-state index is 0.329. The Morgan fingerprint density at radius 1 is 0.828 bits per heavy atom. The van der Waals surface area contributed by atoms with Crippen molar-refractivity contribution in [2.75, 3.05) is 11.9 Å². The highest BCUT2D eigenvalue weighted by atomic mass is 16.5. The van der Waals surface area contributed by atoms with Gasteiger partial charge in [0.15, 0.2) is 6.61 Å². The molecular weight excluding hydrogens is 366 g/mol. The second-order valence-corrected chi connectivity index (χ2v) is 6.47. The third kappa shape index (κ3) is 5.94. The molecule has 0 aliphatic heterocycles. The van der Waals surface area contributed by atoms with Gasteiger partial charge in [0.05, 0.1) is 5.92 Å². The minimum atomic E-state index is -0.402. The summed E-state index contributed by atoms with van der Waals surface area (Å²) in [6, 6.07) is 25.8. The molecule has 3 aromatic carbocycles. The van der Waals surface area contributed by atoms with Gasteiger partial charge in [0.1, 0.15) is 11.5 Å². The standard InChI is InChI=1S/C24H23NO4/c1-2-22(18-9-5-3-6-10-18)24(27)28-17-23(26)25-19-13-15-21(16-14-19)29-20-11-7-4-8-12-20/h3-16,22H,2,17H2,1H3,(H,25,26)/t22-/m0/s1. The van der Waals surface area contributed by atoms with Crippen LogP contribution in [0.15, 0.2) is 84.9 Å². The van der Waals surface area contributed by atoms with Crippen molar-refractivity contribution in [3.63, 3.8) is 0 Å². The number of anilines is 1. The first-order valence-corrected chi connectivity index (χ1v) is 9.50. The zero-order chi connectivity index (χ0) is 20.5. The number of carbonyl (C=O) groups is 2. The van der Waals surface area contributed by atoms with Crippen molar-refractivity contribution in [3.05, 3.63) is 90.5 Å². The van der Waals surface area contributed by atoms with Crippen LogP contribution in [0.4, 0.5) is 5.69 Å². The number of rotatable bonds is 8. The second-order valence-electron chi connectivity index (χ2n) is 6.47. The van der Waals surface area contributed by atoms with Crippen LogP contribution in [0.2, 0.25) is 0 Å². The highest BCUT2D eigenvalue weighted by Crippen LogP contribution is 2.23. The lowest BCUT2D eigenvalue weighted by Crippen LogP contribution is -2.23. The number of ether oxygens (including phenoxy) is 2. The van der Waals surface area contributed by atoms with E-state index in [1.807, 2.05) is 67.6 Å². The van der Waals surface area contributed by atoms with Crippen LogP contribution in [0.1, 0.15) is 24.8 Å². The fourth-order valence-corrected chi connectivity index (χ4v) is 2.89.